The SMILES string of the molecule is Cn1ncc(NC(=O)c2nc(-c3c(F)cccc3F)sc2N)c1N1CC2CCNCC2C1. The average molecular weight is 460 g/mol. The number of aromatic nitrogens is 3. The van der Waals surface area contributed by atoms with Crippen LogP contribution in [0.1, 0.15) is 16.9 Å². The van der Waals surface area contributed by atoms with Crippen LogP contribution in [-0.4, -0.2) is 46.9 Å². The molecule has 2 aliphatic heterocycles. The molecule has 5 rings (SSSR count). The molecule has 8 nitrogen and oxygen atoms in total. The molecule has 32 heavy (non-hydrogen) atoms. The van der Waals surface area contributed by atoms with Crippen molar-refractivity contribution in [2.24, 2.45) is 18.9 Å². The number of benzene rings is 1. The highest BCUT2D eigenvalue weighted by molar-refractivity contribution is 7.19. The monoisotopic (exact) mass is 459 g/mol. The topological polar surface area (TPSA) is 101 Å². The summed E-state index contributed by atoms with van der Waals surface area (Å²) in [6.07, 6.45) is 2.72. The van der Waals surface area contributed by atoms with Crippen molar-refractivity contribution in [2.45, 2.75) is 6.42 Å². The highest BCUT2D eigenvalue weighted by Gasteiger charge is 2.36. The molecule has 0 saturated carbocycles. The smallest absolute Gasteiger partial charge is 0.277 e. The van der Waals surface area contributed by atoms with E-state index >= 15 is 0 Å². The van der Waals surface area contributed by atoms with E-state index in [9.17, 15) is 13.6 Å². The molecule has 0 spiro atoms. The Morgan fingerprint density at radius 1 is 1.28 bits per heavy atom. The zero-order valence-electron chi connectivity index (χ0n) is 17.4. The third kappa shape index (κ3) is 3.61. The van der Waals surface area contributed by atoms with Gasteiger partial charge in [0.1, 0.15) is 27.3 Å². The molecule has 4 N–H and O–H groups in total. The fraction of sp³-hybridized carbons (Fsp3) is 0.381. The number of amides is 1. The van der Waals surface area contributed by atoms with Crippen LogP contribution in [0.2, 0.25) is 0 Å². The minimum atomic E-state index is -0.759. The normalized spacial score (nSPS) is 20.4. The zero-order valence-corrected chi connectivity index (χ0v) is 18.3. The van der Waals surface area contributed by atoms with Crippen LogP contribution >= 0.6 is 11.3 Å². The third-order valence-electron chi connectivity index (χ3n) is 6.18. The summed E-state index contributed by atoms with van der Waals surface area (Å²) in [7, 11) is 1.83. The quantitative estimate of drug-likeness (QED) is 0.555. The maximum Gasteiger partial charge on any atom is 0.277 e. The Bertz CT molecular complexity index is 1140. The number of fused-ring (bicyclic) bond motifs is 1. The number of carbonyl (C=O) groups excluding carboxylic acids is 1. The Hall–Kier alpha value is -3.05. The number of rotatable bonds is 4. The van der Waals surface area contributed by atoms with Crippen molar-refractivity contribution in [1.82, 2.24) is 20.1 Å². The Morgan fingerprint density at radius 2 is 2.03 bits per heavy atom. The fourth-order valence-electron chi connectivity index (χ4n) is 4.62. The molecule has 168 valence electrons. The maximum atomic E-state index is 14.1. The standard InChI is InChI=1S/C21H23F2N7OS/c1-29-21(30-9-11-5-6-25-7-12(11)10-30)15(8-26-29)27-19(31)17-18(24)32-20(28-17)16-13(22)3-2-4-14(16)23/h2-4,8,11-12,25H,5-7,9-10,24H2,1H3,(H,27,31). The predicted molar refractivity (Wildman–Crippen MR) is 120 cm³/mol. The van der Waals surface area contributed by atoms with Gasteiger partial charge < -0.3 is 21.3 Å². The molecule has 2 saturated heterocycles. The number of nitrogens with two attached hydrogens (primary N) is 1. The third-order valence-corrected chi connectivity index (χ3v) is 7.08. The molecule has 2 atom stereocenters. The van der Waals surface area contributed by atoms with Crippen molar-refractivity contribution in [3.8, 4) is 10.6 Å². The number of hydrogen-bond donors (Lipinski definition) is 3. The average Bonchev–Trinajstić information content (AvgIpc) is 3.44. The summed E-state index contributed by atoms with van der Waals surface area (Å²) in [5.41, 5.74) is 6.18. The summed E-state index contributed by atoms with van der Waals surface area (Å²) >= 11 is 0.871. The van der Waals surface area contributed by atoms with Crippen LogP contribution in [0.4, 0.5) is 25.3 Å². The van der Waals surface area contributed by atoms with Gasteiger partial charge in [0.05, 0.1) is 11.8 Å². The van der Waals surface area contributed by atoms with Gasteiger partial charge in [-0.2, -0.15) is 5.10 Å². The fourth-order valence-corrected chi connectivity index (χ4v) is 5.50. The molecule has 0 bridgehead atoms. The van der Waals surface area contributed by atoms with Gasteiger partial charge in [-0.15, -0.1) is 0 Å². The van der Waals surface area contributed by atoms with E-state index in [0.29, 0.717) is 17.5 Å². The van der Waals surface area contributed by atoms with Crippen molar-refractivity contribution in [1.29, 1.82) is 0 Å². The predicted octanol–water partition coefficient (Wildman–Crippen LogP) is 2.70. The Balaban J connectivity index is 1.39. The van der Waals surface area contributed by atoms with Gasteiger partial charge in [-0.3, -0.25) is 9.48 Å². The van der Waals surface area contributed by atoms with Crippen LogP contribution in [-0.2, 0) is 7.05 Å². The summed E-state index contributed by atoms with van der Waals surface area (Å²) in [6.45, 7) is 3.81. The Kier molecular flexibility index (Phi) is 5.30. The summed E-state index contributed by atoms with van der Waals surface area (Å²) in [6, 6.07) is 3.55. The lowest BCUT2D eigenvalue weighted by Gasteiger charge is -2.23. The van der Waals surface area contributed by atoms with Crippen LogP contribution in [0.5, 0.6) is 0 Å². The number of nitrogen functional groups attached to an aromatic ring is 1. The first-order valence-electron chi connectivity index (χ1n) is 10.4. The van der Waals surface area contributed by atoms with E-state index in [1.54, 1.807) is 10.9 Å². The van der Waals surface area contributed by atoms with Gasteiger partial charge >= 0.3 is 0 Å². The van der Waals surface area contributed by atoms with E-state index in [4.69, 9.17) is 5.73 Å². The second-order valence-electron chi connectivity index (χ2n) is 8.21. The van der Waals surface area contributed by atoms with Gasteiger partial charge in [0, 0.05) is 20.1 Å². The van der Waals surface area contributed by atoms with Crippen LogP contribution in [0.15, 0.2) is 24.4 Å². The Labute approximate surface area is 187 Å². The number of halogens is 2. The summed E-state index contributed by atoms with van der Waals surface area (Å²) in [5.74, 6) is -0.0663. The first-order chi connectivity index (χ1) is 15.4. The van der Waals surface area contributed by atoms with Crippen molar-refractivity contribution < 1.29 is 13.6 Å². The highest BCUT2D eigenvalue weighted by atomic mass is 32.1. The number of thiazole rings is 1. The van der Waals surface area contributed by atoms with E-state index in [2.05, 4.69) is 25.6 Å². The molecular weight excluding hydrogens is 436 g/mol. The second-order valence-corrected chi connectivity index (χ2v) is 9.24. The minimum Gasteiger partial charge on any atom is -0.389 e. The number of piperidine rings is 1. The number of anilines is 3. The molecular formula is C21H23F2N7OS. The summed E-state index contributed by atoms with van der Waals surface area (Å²) in [5, 5.41) is 10.7. The number of carbonyl (C=O) groups is 1. The molecule has 3 aromatic rings. The molecule has 0 aliphatic carbocycles. The van der Waals surface area contributed by atoms with Crippen LogP contribution in [0.25, 0.3) is 10.6 Å². The van der Waals surface area contributed by atoms with Crippen molar-refractivity contribution in [3.63, 3.8) is 0 Å². The number of hydrogen-bond acceptors (Lipinski definition) is 7. The molecule has 4 heterocycles. The molecule has 11 heteroatoms. The van der Waals surface area contributed by atoms with E-state index in [0.717, 1.165) is 61.9 Å². The number of nitrogens with zero attached hydrogens (tertiary/aromatic N) is 4. The lowest BCUT2D eigenvalue weighted by Crippen LogP contribution is -2.35. The maximum absolute atomic E-state index is 14.1. The number of aryl methyl sites for hydroxylation is 1. The van der Waals surface area contributed by atoms with Crippen LogP contribution in [0, 0.1) is 23.5 Å². The van der Waals surface area contributed by atoms with Gasteiger partial charge in [0.25, 0.3) is 5.91 Å². The molecule has 1 amide bonds. The largest absolute Gasteiger partial charge is 0.389 e. The van der Waals surface area contributed by atoms with E-state index in [1.165, 1.54) is 6.07 Å². The van der Waals surface area contributed by atoms with Crippen LogP contribution in [0.3, 0.4) is 0 Å². The van der Waals surface area contributed by atoms with E-state index in [1.807, 2.05) is 7.05 Å². The Morgan fingerprint density at radius 3 is 2.78 bits per heavy atom. The minimum absolute atomic E-state index is 0.0192. The molecule has 2 aromatic heterocycles. The number of nitrogens with one attached hydrogen (secondary N) is 2. The zero-order chi connectivity index (χ0) is 22.4. The highest BCUT2D eigenvalue weighted by Crippen LogP contribution is 2.37. The van der Waals surface area contributed by atoms with Crippen molar-refractivity contribution in [3.05, 3.63) is 41.7 Å². The van der Waals surface area contributed by atoms with Gasteiger partial charge in [-0.05, 0) is 43.5 Å². The lowest BCUT2D eigenvalue weighted by atomic mass is 9.90. The molecule has 2 fully saturated rings. The van der Waals surface area contributed by atoms with E-state index in [-0.39, 0.29) is 21.3 Å². The summed E-state index contributed by atoms with van der Waals surface area (Å²) < 4.78 is 30.0. The summed E-state index contributed by atoms with van der Waals surface area (Å²) in [4.78, 5) is 19.4. The van der Waals surface area contributed by atoms with Crippen molar-refractivity contribution >= 4 is 33.8 Å². The first-order valence-corrected chi connectivity index (χ1v) is 11.2. The second kappa shape index (κ2) is 8.14. The van der Waals surface area contributed by atoms with Gasteiger partial charge in [0.15, 0.2) is 11.5 Å². The molecule has 1 aromatic carbocycles. The molecule has 2 unspecified atom stereocenters. The van der Waals surface area contributed by atoms with Crippen LogP contribution < -0.4 is 21.3 Å². The van der Waals surface area contributed by atoms with Gasteiger partial charge in [-0.25, -0.2) is 13.8 Å². The lowest BCUT2D eigenvalue weighted by molar-refractivity contribution is 0.102. The molecule has 0 radical (unpaired) electrons. The van der Waals surface area contributed by atoms with Gasteiger partial charge in [0.2, 0.25) is 0 Å². The van der Waals surface area contributed by atoms with E-state index < -0.39 is 17.5 Å². The first kappa shape index (κ1) is 20.8. The van der Waals surface area contributed by atoms with Crippen molar-refractivity contribution in [2.75, 3.05) is 42.1 Å². The molecule has 2 aliphatic rings. The van der Waals surface area contributed by atoms with Gasteiger partial charge in [-0.1, -0.05) is 17.4 Å².